The van der Waals surface area contributed by atoms with Crippen molar-refractivity contribution >= 4 is 23.1 Å². The molecule has 0 saturated carbocycles. The van der Waals surface area contributed by atoms with E-state index < -0.39 is 0 Å². The lowest BCUT2D eigenvalue weighted by Gasteiger charge is -2.27. The number of carbonyl (C=O) groups excluding carboxylic acids is 1. The van der Waals surface area contributed by atoms with Crippen LogP contribution in [0.4, 0.5) is 0 Å². The van der Waals surface area contributed by atoms with Gasteiger partial charge in [-0.3, -0.25) is 4.79 Å². The van der Waals surface area contributed by atoms with E-state index in [-0.39, 0.29) is 5.91 Å². The van der Waals surface area contributed by atoms with Gasteiger partial charge in [0.2, 0.25) is 5.91 Å². The van der Waals surface area contributed by atoms with Crippen molar-refractivity contribution in [2.45, 2.75) is 32.6 Å². The van der Waals surface area contributed by atoms with Gasteiger partial charge in [-0.1, -0.05) is 24.4 Å². The zero-order valence-corrected chi connectivity index (χ0v) is 8.82. The van der Waals surface area contributed by atoms with Gasteiger partial charge in [0.15, 0.2) is 0 Å². The Morgan fingerprint density at radius 2 is 2.31 bits per heavy atom. The first kappa shape index (κ1) is 10.4. The molecule has 0 aromatic carbocycles. The Balaban J connectivity index is 2.53. The van der Waals surface area contributed by atoms with Gasteiger partial charge in [0.25, 0.3) is 0 Å². The Morgan fingerprint density at radius 3 is 2.85 bits per heavy atom. The predicted octanol–water partition coefficient (Wildman–Crippen LogP) is 2.29. The molecule has 0 atom stereocenters. The molecule has 13 heavy (non-hydrogen) atoms. The van der Waals surface area contributed by atoms with Crippen molar-refractivity contribution in [3.05, 3.63) is 12.2 Å². The van der Waals surface area contributed by atoms with E-state index in [0.29, 0.717) is 6.42 Å². The second kappa shape index (κ2) is 4.51. The normalized spacial score (nSPS) is 17.3. The van der Waals surface area contributed by atoms with Crippen molar-refractivity contribution in [3.8, 4) is 0 Å². The lowest BCUT2D eigenvalue weighted by atomic mass is 10.1. The second-order valence-electron chi connectivity index (χ2n) is 3.53. The first-order chi connectivity index (χ1) is 6.11. The van der Waals surface area contributed by atoms with Gasteiger partial charge in [0.05, 0.1) is 4.99 Å². The van der Waals surface area contributed by atoms with Crippen molar-refractivity contribution in [3.63, 3.8) is 0 Å². The summed E-state index contributed by atoms with van der Waals surface area (Å²) in [6.45, 7) is 6.39. The predicted molar refractivity (Wildman–Crippen MR) is 57.6 cm³/mol. The maximum Gasteiger partial charge on any atom is 0.231 e. The lowest BCUT2D eigenvalue weighted by Crippen LogP contribution is -2.39. The fourth-order valence-corrected chi connectivity index (χ4v) is 1.76. The number of piperidine rings is 1. The molecule has 72 valence electrons. The number of thiocarbonyl (C=S) groups is 1. The molecule has 0 bridgehead atoms. The van der Waals surface area contributed by atoms with E-state index in [9.17, 15) is 4.79 Å². The van der Waals surface area contributed by atoms with E-state index in [4.69, 9.17) is 12.2 Å². The zero-order valence-electron chi connectivity index (χ0n) is 8.01. The third-order valence-electron chi connectivity index (χ3n) is 2.08. The van der Waals surface area contributed by atoms with Crippen molar-refractivity contribution in [2.75, 3.05) is 6.54 Å². The van der Waals surface area contributed by atoms with E-state index in [1.807, 2.05) is 6.92 Å². The summed E-state index contributed by atoms with van der Waals surface area (Å²) in [5.41, 5.74) is 0.901. The quantitative estimate of drug-likeness (QED) is 0.500. The van der Waals surface area contributed by atoms with Crippen LogP contribution in [0.2, 0.25) is 0 Å². The molecule has 1 fully saturated rings. The minimum atomic E-state index is 0.109. The van der Waals surface area contributed by atoms with Gasteiger partial charge in [-0.15, -0.1) is 0 Å². The highest BCUT2D eigenvalue weighted by molar-refractivity contribution is 7.80. The van der Waals surface area contributed by atoms with E-state index in [1.54, 1.807) is 4.90 Å². The molecule has 3 heteroatoms. The molecule has 0 radical (unpaired) electrons. The Bertz CT molecular complexity index is 247. The third-order valence-corrected chi connectivity index (χ3v) is 2.50. The van der Waals surface area contributed by atoms with Crippen LogP contribution in [-0.2, 0) is 4.79 Å². The van der Waals surface area contributed by atoms with Crippen LogP contribution < -0.4 is 0 Å². The number of carbonyl (C=O) groups is 1. The van der Waals surface area contributed by atoms with Crippen LogP contribution in [0.15, 0.2) is 12.2 Å². The van der Waals surface area contributed by atoms with E-state index in [0.717, 1.165) is 36.4 Å². The SMILES string of the molecule is C=C(C)CC(=O)N1CCCCC1=S. The van der Waals surface area contributed by atoms with Gasteiger partial charge in [0, 0.05) is 13.0 Å². The number of hydrogen-bond acceptors (Lipinski definition) is 2. The van der Waals surface area contributed by atoms with Gasteiger partial charge in [-0.2, -0.15) is 0 Å². The van der Waals surface area contributed by atoms with Gasteiger partial charge >= 0.3 is 0 Å². The van der Waals surface area contributed by atoms with Crippen LogP contribution in [0.25, 0.3) is 0 Å². The van der Waals surface area contributed by atoms with Crippen molar-refractivity contribution < 1.29 is 4.79 Å². The molecule has 1 saturated heterocycles. The molecular weight excluding hydrogens is 182 g/mol. The molecule has 1 aliphatic rings. The Hall–Kier alpha value is -0.700. The van der Waals surface area contributed by atoms with Crippen LogP contribution >= 0.6 is 12.2 Å². The second-order valence-corrected chi connectivity index (χ2v) is 4.00. The van der Waals surface area contributed by atoms with Crippen LogP contribution in [0.5, 0.6) is 0 Å². The number of rotatable bonds is 2. The molecule has 0 N–H and O–H groups in total. The Kier molecular flexibility index (Phi) is 3.60. The zero-order chi connectivity index (χ0) is 9.84. The molecule has 1 amide bonds. The van der Waals surface area contributed by atoms with Gasteiger partial charge in [0.1, 0.15) is 0 Å². The van der Waals surface area contributed by atoms with E-state index >= 15 is 0 Å². The first-order valence-corrected chi connectivity index (χ1v) is 4.99. The summed E-state index contributed by atoms with van der Waals surface area (Å²) in [4.78, 5) is 14.1. The van der Waals surface area contributed by atoms with Crippen molar-refractivity contribution in [2.24, 2.45) is 0 Å². The van der Waals surface area contributed by atoms with Crippen LogP contribution in [0, 0.1) is 0 Å². The smallest absolute Gasteiger partial charge is 0.231 e. The highest BCUT2D eigenvalue weighted by Crippen LogP contribution is 2.14. The average Bonchev–Trinajstić information content (AvgIpc) is 2.03. The molecule has 0 aromatic rings. The number of likely N-dealkylation sites (tertiary alicyclic amines) is 1. The standard InChI is InChI=1S/C10H15NOS/c1-8(2)7-9(12)11-6-4-3-5-10(11)13/h1,3-7H2,2H3. The molecule has 1 aliphatic heterocycles. The Labute approximate surface area is 84.6 Å². The van der Waals surface area contributed by atoms with Gasteiger partial charge < -0.3 is 4.90 Å². The summed E-state index contributed by atoms with van der Waals surface area (Å²) < 4.78 is 0. The summed E-state index contributed by atoms with van der Waals surface area (Å²) in [6.07, 6.45) is 3.51. The molecule has 0 spiro atoms. The monoisotopic (exact) mass is 197 g/mol. The number of hydrogen-bond donors (Lipinski definition) is 0. The van der Waals surface area contributed by atoms with E-state index in [1.165, 1.54) is 0 Å². The minimum absolute atomic E-state index is 0.109. The first-order valence-electron chi connectivity index (χ1n) is 4.59. The van der Waals surface area contributed by atoms with Crippen LogP contribution in [0.3, 0.4) is 0 Å². The molecule has 1 heterocycles. The topological polar surface area (TPSA) is 20.3 Å². The largest absolute Gasteiger partial charge is 0.306 e. The summed E-state index contributed by atoms with van der Waals surface area (Å²) >= 11 is 5.13. The van der Waals surface area contributed by atoms with E-state index in [2.05, 4.69) is 6.58 Å². The number of amides is 1. The molecule has 0 unspecified atom stereocenters. The lowest BCUT2D eigenvalue weighted by molar-refractivity contribution is -0.126. The molecule has 1 rings (SSSR count). The summed E-state index contributed by atoms with van der Waals surface area (Å²) in [5, 5.41) is 0. The van der Waals surface area contributed by atoms with Gasteiger partial charge in [-0.25, -0.2) is 0 Å². The molecule has 2 nitrogen and oxygen atoms in total. The third kappa shape index (κ3) is 2.92. The average molecular weight is 197 g/mol. The summed E-state index contributed by atoms with van der Waals surface area (Å²) in [6, 6.07) is 0. The minimum Gasteiger partial charge on any atom is -0.306 e. The molecular formula is C10H15NOS. The molecule has 0 aromatic heterocycles. The summed E-state index contributed by atoms with van der Waals surface area (Å²) in [7, 11) is 0. The highest BCUT2D eigenvalue weighted by atomic mass is 32.1. The maximum absolute atomic E-state index is 11.6. The van der Waals surface area contributed by atoms with Crippen molar-refractivity contribution in [1.82, 2.24) is 4.90 Å². The maximum atomic E-state index is 11.6. The van der Waals surface area contributed by atoms with Crippen LogP contribution in [-0.4, -0.2) is 22.3 Å². The van der Waals surface area contributed by atoms with Gasteiger partial charge in [-0.05, 0) is 26.2 Å². The fraction of sp³-hybridized carbons (Fsp3) is 0.600. The summed E-state index contributed by atoms with van der Waals surface area (Å²) in [5.74, 6) is 0.109. The van der Waals surface area contributed by atoms with Crippen molar-refractivity contribution in [1.29, 1.82) is 0 Å². The fourth-order valence-electron chi connectivity index (χ4n) is 1.42. The Morgan fingerprint density at radius 1 is 1.62 bits per heavy atom. The molecule has 0 aliphatic carbocycles. The van der Waals surface area contributed by atoms with Crippen LogP contribution in [0.1, 0.15) is 32.6 Å². The highest BCUT2D eigenvalue weighted by Gasteiger charge is 2.20. The number of nitrogens with zero attached hydrogens (tertiary/aromatic N) is 1.